The number of anilines is 1. The van der Waals surface area contributed by atoms with E-state index in [1.165, 1.54) is 26.2 Å². The lowest BCUT2D eigenvalue weighted by molar-refractivity contribution is -0.384. The minimum absolute atomic E-state index is 0.280. The maximum atomic E-state index is 12.8. The van der Waals surface area contributed by atoms with Gasteiger partial charge in [-0.25, -0.2) is 4.79 Å². The summed E-state index contributed by atoms with van der Waals surface area (Å²) in [5.74, 6) is -0.857. The largest absolute Gasteiger partial charge is 0.497 e. The minimum Gasteiger partial charge on any atom is -0.497 e. The normalized spacial score (nSPS) is 12.0. The lowest BCUT2D eigenvalue weighted by Crippen LogP contribution is -2.30. The van der Waals surface area contributed by atoms with Gasteiger partial charge in [-0.05, 0) is 43.3 Å². The van der Waals surface area contributed by atoms with Crippen LogP contribution in [0.3, 0.4) is 0 Å². The molecule has 30 heavy (non-hydrogen) atoms. The van der Waals surface area contributed by atoms with E-state index in [0.29, 0.717) is 17.9 Å². The summed E-state index contributed by atoms with van der Waals surface area (Å²) >= 11 is 0. The summed E-state index contributed by atoms with van der Waals surface area (Å²) in [7, 11) is 1.47. The number of nitrogens with one attached hydrogen (secondary N) is 1. The Morgan fingerprint density at radius 1 is 1.17 bits per heavy atom. The van der Waals surface area contributed by atoms with E-state index in [4.69, 9.17) is 9.47 Å². The van der Waals surface area contributed by atoms with Gasteiger partial charge in [0.15, 0.2) is 12.4 Å². The summed E-state index contributed by atoms with van der Waals surface area (Å²) in [5, 5.41) is 13.5. The number of ether oxygens (including phenoxy) is 2. The highest BCUT2D eigenvalue weighted by molar-refractivity contribution is 5.98. The van der Waals surface area contributed by atoms with Crippen LogP contribution in [0.1, 0.15) is 22.8 Å². The number of hydrogen-bond acceptors (Lipinski definition) is 7. The van der Waals surface area contributed by atoms with Crippen LogP contribution in [-0.2, 0) is 15.7 Å². The first-order valence-corrected chi connectivity index (χ1v) is 8.49. The number of halogens is 3. The molecule has 0 aliphatic rings. The fourth-order valence-electron chi connectivity index (χ4n) is 2.40. The van der Waals surface area contributed by atoms with Gasteiger partial charge in [0.1, 0.15) is 17.5 Å². The van der Waals surface area contributed by atoms with Crippen molar-refractivity contribution in [2.24, 2.45) is 0 Å². The highest BCUT2D eigenvalue weighted by atomic mass is 19.4. The molecule has 0 saturated carbocycles. The van der Waals surface area contributed by atoms with E-state index in [1.807, 2.05) is 0 Å². The average Bonchev–Trinajstić information content (AvgIpc) is 2.70. The van der Waals surface area contributed by atoms with Crippen molar-refractivity contribution in [3.63, 3.8) is 0 Å². The zero-order valence-electron chi connectivity index (χ0n) is 15.9. The molecule has 0 saturated heterocycles. The van der Waals surface area contributed by atoms with E-state index in [-0.39, 0.29) is 11.3 Å². The van der Waals surface area contributed by atoms with Crippen LogP contribution in [0, 0.1) is 10.1 Å². The fourth-order valence-corrected chi connectivity index (χ4v) is 2.40. The lowest BCUT2D eigenvalue weighted by Gasteiger charge is -2.15. The lowest BCUT2D eigenvalue weighted by atomic mass is 10.1. The molecule has 0 fully saturated rings. The molecular weight excluding hydrogens is 409 g/mol. The van der Waals surface area contributed by atoms with Crippen LogP contribution in [0.25, 0.3) is 0 Å². The molecular formula is C19H17F3N2O6. The summed E-state index contributed by atoms with van der Waals surface area (Å²) in [5.41, 5.74) is -2.06. The second kappa shape index (κ2) is 9.25. The second-order valence-electron chi connectivity index (χ2n) is 6.11. The van der Waals surface area contributed by atoms with E-state index >= 15 is 0 Å². The van der Waals surface area contributed by atoms with Gasteiger partial charge < -0.3 is 14.8 Å². The van der Waals surface area contributed by atoms with Gasteiger partial charge in [-0.2, -0.15) is 13.2 Å². The number of carbonyl (C=O) groups excluding carboxylic acids is 2. The second-order valence-corrected chi connectivity index (χ2v) is 6.11. The molecule has 2 aromatic carbocycles. The molecule has 0 spiro atoms. The number of nitro benzene ring substituents is 1. The van der Waals surface area contributed by atoms with Crippen LogP contribution in [0.5, 0.6) is 5.75 Å². The first-order chi connectivity index (χ1) is 14.0. The number of nitrogens with zero attached hydrogens (tertiary/aromatic N) is 1. The highest BCUT2D eigenvalue weighted by Gasteiger charge is 2.33. The number of esters is 1. The van der Waals surface area contributed by atoms with Crippen LogP contribution < -0.4 is 10.1 Å². The van der Waals surface area contributed by atoms with Gasteiger partial charge >= 0.3 is 12.1 Å². The van der Waals surface area contributed by atoms with Gasteiger partial charge in [0.2, 0.25) is 0 Å². The van der Waals surface area contributed by atoms with E-state index in [2.05, 4.69) is 5.32 Å². The summed E-state index contributed by atoms with van der Waals surface area (Å²) in [4.78, 5) is 34.3. The Labute approximate surface area is 168 Å². The third-order valence-electron chi connectivity index (χ3n) is 4.00. The van der Waals surface area contributed by atoms with Crippen molar-refractivity contribution in [2.45, 2.75) is 19.1 Å². The molecule has 2 aromatic rings. The van der Waals surface area contributed by atoms with E-state index in [9.17, 15) is 32.9 Å². The predicted octanol–water partition coefficient (Wildman–Crippen LogP) is 3.85. The predicted molar refractivity (Wildman–Crippen MR) is 99.5 cm³/mol. The third-order valence-corrected chi connectivity index (χ3v) is 4.00. The number of benzene rings is 2. The van der Waals surface area contributed by atoms with Crippen LogP contribution in [0.15, 0.2) is 42.5 Å². The zero-order valence-corrected chi connectivity index (χ0v) is 15.9. The van der Waals surface area contributed by atoms with Gasteiger partial charge in [0.25, 0.3) is 5.69 Å². The van der Waals surface area contributed by atoms with Crippen LogP contribution >= 0.6 is 0 Å². The summed E-state index contributed by atoms with van der Waals surface area (Å²) in [6.07, 6.45) is -4.75. The number of nitro groups is 1. The molecule has 0 unspecified atom stereocenters. The van der Waals surface area contributed by atoms with Crippen molar-refractivity contribution >= 4 is 23.1 Å². The number of Topliss-reactive ketones (excluding diaryl/α,β-unsaturated/α-hetero) is 1. The Morgan fingerprint density at radius 3 is 2.33 bits per heavy atom. The molecule has 2 rings (SSSR count). The van der Waals surface area contributed by atoms with E-state index in [1.54, 1.807) is 12.1 Å². The van der Waals surface area contributed by atoms with Crippen molar-refractivity contribution < 1.29 is 37.2 Å². The molecule has 11 heteroatoms. The highest BCUT2D eigenvalue weighted by Crippen LogP contribution is 2.35. The topological polar surface area (TPSA) is 108 Å². The van der Waals surface area contributed by atoms with Crippen molar-refractivity contribution in [1.82, 2.24) is 0 Å². The van der Waals surface area contributed by atoms with Crippen LogP contribution in [-0.4, -0.2) is 36.4 Å². The molecule has 0 bridgehead atoms. The van der Waals surface area contributed by atoms with Gasteiger partial charge in [0, 0.05) is 11.6 Å². The molecule has 1 atom stereocenters. The number of alkyl halides is 3. The van der Waals surface area contributed by atoms with Crippen molar-refractivity contribution in [3.8, 4) is 5.75 Å². The first kappa shape index (κ1) is 22.7. The Morgan fingerprint density at radius 2 is 1.80 bits per heavy atom. The average molecular weight is 426 g/mol. The summed E-state index contributed by atoms with van der Waals surface area (Å²) in [6, 6.07) is 6.81. The van der Waals surface area contributed by atoms with E-state index in [0.717, 1.165) is 6.07 Å². The number of ketones is 1. The Hall–Kier alpha value is -3.63. The summed E-state index contributed by atoms with van der Waals surface area (Å²) < 4.78 is 48.1. The van der Waals surface area contributed by atoms with Gasteiger partial charge in [-0.15, -0.1) is 0 Å². The standard InChI is InChI=1S/C19H17F3N2O6/c1-11(18(26)30-10-17(25)12-3-6-14(29-2)7-4-12)23-15-8-5-13(19(20,21)22)9-16(15)24(27)28/h3-9,11,23H,10H2,1-2H3/t11-/m1/s1. The number of rotatable bonds is 8. The molecule has 0 heterocycles. The van der Waals surface area contributed by atoms with Gasteiger partial charge in [-0.3, -0.25) is 14.9 Å². The first-order valence-electron chi connectivity index (χ1n) is 8.49. The molecule has 0 aromatic heterocycles. The Balaban J connectivity index is 2.02. The van der Waals surface area contributed by atoms with Crippen molar-refractivity contribution in [3.05, 3.63) is 63.7 Å². The number of carbonyl (C=O) groups is 2. The molecule has 1 N–H and O–H groups in total. The third kappa shape index (κ3) is 5.69. The van der Waals surface area contributed by atoms with Crippen LogP contribution in [0.2, 0.25) is 0 Å². The maximum absolute atomic E-state index is 12.8. The van der Waals surface area contributed by atoms with Crippen molar-refractivity contribution in [1.29, 1.82) is 0 Å². The molecule has 0 radical (unpaired) electrons. The molecule has 0 amide bonds. The summed E-state index contributed by atoms with van der Waals surface area (Å²) in [6.45, 7) is 0.716. The SMILES string of the molecule is COc1ccc(C(=O)COC(=O)[C@@H](C)Nc2ccc(C(F)(F)F)cc2[N+](=O)[O-])cc1. The van der Waals surface area contributed by atoms with Gasteiger partial charge in [0.05, 0.1) is 17.6 Å². The fraction of sp³-hybridized carbons (Fsp3) is 0.263. The monoisotopic (exact) mass is 426 g/mol. The minimum atomic E-state index is -4.75. The molecule has 8 nitrogen and oxygen atoms in total. The number of methoxy groups -OCH3 is 1. The van der Waals surface area contributed by atoms with Gasteiger partial charge in [-0.1, -0.05) is 0 Å². The molecule has 0 aliphatic heterocycles. The Kier molecular flexibility index (Phi) is 6.98. The molecule has 160 valence electrons. The smallest absolute Gasteiger partial charge is 0.416 e. The van der Waals surface area contributed by atoms with Crippen molar-refractivity contribution in [2.75, 3.05) is 19.0 Å². The quantitative estimate of drug-likeness (QED) is 0.296. The van der Waals surface area contributed by atoms with E-state index < -0.39 is 46.8 Å². The van der Waals surface area contributed by atoms with Crippen LogP contribution in [0.4, 0.5) is 24.5 Å². The maximum Gasteiger partial charge on any atom is 0.416 e. The zero-order chi connectivity index (χ0) is 22.5. The number of hydrogen-bond donors (Lipinski definition) is 1. The Bertz CT molecular complexity index is 944. The molecule has 0 aliphatic carbocycles.